The lowest BCUT2D eigenvalue weighted by Gasteiger charge is -2.43. The number of hydrogen-bond donors (Lipinski definition) is 1. The van der Waals surface area contributed by atoms with Crippen LogP contribution in [0.4, 0.5) is 18.9 Å². The smallest absolute Gasteiger partial charge is 0.355 e. The summed E-state index contributed by atoms with van der Waals surface area (Å²) in [6, 6.07) is 3.73. The summed E-state index contributed by atoms with van der Waals surface area (Å²) >= 11 is 0. The number of rotatable bonds is 11. The van der Waals surface area contributed by atoms with Crippen molar-refractivity contribution >= 4 is 17.5 Å². The molecule has 0 amide bonds. The Kier molecular flexibility index (Phi) is 10.6. The number of hydrazine groups is 1. The molecule has 37 heavy (non-hydrogen) atoms. The van der Waals surface area contributed by atoms with Gasteiger partial charge in [-0.3, -0.25) is 4.99 Å². The Hall–Kier alpha value is -3.06. The highest BCUT2D eigenvalue weighted by Gasteiger charge is 2.41. The van der Waals surface area contributed by atoms with E-state index in [4.69, 9.17) is 0 Å². The van der Waals surface area contributed by atoms with Crippen LogP contribution in [0, 0.1) is 0 Å². The SMILES string of the molecule is C=CN(CC)N1CCCC1(C)/C(C)=C(\C)C(=C)Nc1ccc(C(F)(F)F)cc1C(/C=C/CC)=C/N=CC. The highest BCUT2D eigenvalue weighted by Crippen LogP contribution is 2.40. The van der Waals surface area contributed by atoms with Crippen LogP contribution in [-0.2, 0) is 6.18 Å². The molecule has 202 valence electrons. The van der Waals surface area contributed by atoms with Crippen LogP contribution in [0.3, 0.4) is 0 Å². The van der Waals surface area contributed by atoms with Crippen LogP contribution < -0.4 is 5.32 Å². The van der Waals surface area contributed by atoms with E-state index < -0.39 is 11.7 Å². The number of alkyl halides is 3. The first-order chi connectivity index (χ1) is 17.4. The molecular weight excluding hydrogens is 473 g/mol. The van der Waals surface area contributed by atoms with Gasteiger partial charge in [-0.1, -0.05) is 32.2 Å². The van der Waals surface area contributed by atoms with Crippen molar-refractivity contribution in [3.05, 3.63) is 83.9 Å². The molecule has 1 aliphatic heterocycles. The second kappa shape index (κ2) is 13.0. The molecule has 1 atom stereocenters. The lowest BCUT2D eigenvalue weighted by Crippen LogP contribution is -2.50. The van der Waals surface area contributed by atoms with Crippen molar-refractivity contribution in [3.8, 4) is 0 Å². The van der Waals surface area contributed by atoms with Crippen LogP contribution in [0.2, 0.25) is 0 Å². The van der Waals surface area contributed by atoms with Crippen molar-refractivity contribution in [1.29, 1.82) is 0 Å². The van der Waals surface area contributed by atoms with Gasteiger partial charge >= 0.3 is 6.18 Å². The standard InChI is InChI=1S/C30H41F3N4/c1-9-13-15-25(21-34-10-2)27-20-26(30(31,32)33)16-17-28(27)35-24(7)22(5)23(6)29(8)18-14-19-37(29)36(11-3)12-4/h10-11,13,15-17,20-21,35H,3,7,9,12,14,18-19H2,1-2,4-6,8H3/b15-13+,23-22+,25-21+,34-10?. The quantitative estimate of drug-likeness (QED) is 0.237. The fraction of sp³-hybridized carbons (Fsp3) is 0.433. The largest absolute Gasteiger partial charge is 0.416 e. The highest BCUT2D eigenvalue weighted by molar-refractivity contribution is 5.84. The van der Waals surface area contributed by atoms with Gasteiger partial charge in [-0.05, 0) is 83.2 Å². The van der Waals surface area contributed by atoms with E-state index in [1.165, 1.54) is 12.1 Å². The van der Waals surface area contributed by atoms with Gasteiger partial charge in [0.25, 0.3) is 0 Å². The van der Waals surface area contributed by atoms with Crippen LogP contribution in [0.15, 0.2) is 77.7 Å². The molecular formula is C30H41F3N4. The number of benzene rings is 1. The molecule has 0 aromatic heterocycles. The minimum Gasteiger partial charge on any atom is -0.355 e. The Bertz CT molecular complexity index is 1090. The summed E-state index contributed by atoms with van der Waals surface area (Å²) < 4.78 is 40.8. The monoisotopic (exact) mass is 514 g/mol. The molecule has 4 nitrogen and oxygen atoms in total. The summed E-state index contributed by atoms with van der Waals surface area (Å²) in [6.07, 6.45) is 7.08. The molecule has 1 aliphatic rings. The molecule has 7 heteroatoms. The van der Waals surface area contributed by atoms with Gasteiger partial charge in [0.1, 0.15) is 0 Å². The van der Waals surface area contributed by atoms with E-state index in [9.17, 15) is 13.2 Å². The van der Waals surface area contributed by atoms with Crippen LogP contribution in [0.5, 0.6) is 0 Å². The van der Waals surface area contributed by atoms with E-state index in [1.807, 2.05) is 26.1 Å². The lowest BCUT2D eigenvalue weighted by molar-refractivity contribution is -0.137. The Balaban J connectivity index is 2.55. The molecule has 0 radical (unpaired) electrons. The van der Waals surface area contributed by atoms with Crippen molar-refractivity contribution in [3.63, 3.8) is 0 Å². The Morgan fingerprint density at radius 1 is 1.27 bits per heavy atom. The molecule has 0 saturated carbocycles. The summed E-state index contributed by atoms with van der Waals surface area (Å²) in [7, 11) is 0. The number of hydrogen-bond acceptors (Lipinski definition) is 4. The van der Waals surface area contributed by atoms with Crippen molar-refractivity contribution < 1.29 is 13.2 Å². The van der Waals surface area contributed by atoms with Gasteiger partial charge in [-0.25, -0.2) is 5.01 Å². The van der Waals surface area contributed by atoms with Crippen LogP contribution >= 0.6 is 0 Å². The number of nitrogens with zero attached hydrogens (tertiary/aromatic N) is 3. The number of nitrogens with one attached hydrogen (secondary N) is 1. The second-order valence-corrected chi connectivity index (χ2v) is 9.35. The molecule has 1 unspecified atom stereocenters. The fourth-order valence-corrected chi connectivity index (χ4v) is 4.70. The molecule has 0 spiro atoms. The minimum absolute atomic E-state index is 0.216. The van der Waals surface area contributed by atoms with Gasteiger partial charge < -0.3 is 10.3 Å². The zero-order valence-electron chi connectivity index (χ0n) is 23.0. The topological polar surface area (TPSA) is 30.9 Å². The molecule has 1 N–H and O–H groups in total. The molecule has 1 heterocycles. The third kappa shape index (κ3) is 7.04. The number of aliphatic imine (C=N–C) groups is 1. The van der Waals surface area contributed by atoms with Gasteiger partial charge in [0.15, 0.2) is 0 Å². The summed E-state index contributed by atoms with van der Waals surface area (Å²) in [4.78, 5) is 4.18. The van der Waals surface area contributed by atoms with Crippen molar-refractivity contribution in [2.24, 2.45) is 4.99 Å². The molecule has 0 bridgehead atoms. The predicted molar refractivity (Wildman–Crippen MR) is 151 cm³/mol. The average Bonchev–Trinajstić information content (AvgIpc) is 3.26. The van der Waals surface area contributed by atoms with Crippen LogP contribution in [0.1, 0.15) is 71.9 Å². The molecule has 0 aliphatic carbocycles. The van der Waals surface area contributed by atoms with E-state index >= 15 is 0 Å². The van der Waals surface area contributed by atoms with Gasteiger partial charge in [0.05, 0.1) is 11.1 Å². The van der Waals surface area contributed by atoms with Gasteiger partial charge in [0.2, 0.25) is 0 Å². The summed E-state index contributed by atoms with van der Waals surface area (Å²) in [5, 5.41) is 7.80. The zero-order valence-corrected chi connectivity index (χ0v) is 23.0. The highest BCUT2D eigenvalue weighted by atomic mass is 19.4. The minimum atomic E-state index is -4.46. The first-order valence-corrected chi connectivity index (χ1v) is 12.8. The zero-order chi connectivity index (χ0) is 27.8. The Labute approximate surface area is 220 Å². The van der Waals surface area contributed by atoms with Crippen molar-refractivity contribution in [2.75, 3.05) is 18.4 Å². The first-order valence-electron chi connectivity index (χ1n) is 12.8. The summed E-state index contributed by atoms with van der Waals surface area (Å²) in [5.74, 6) is 0. The fourth-order valence-electron chi connectivity index (χ4n) is 4.70. The number of anilines is 1. The van der Waals surface area contributed by atoms with Gasteiger partial charge in [-0.15, -0.1) is 0 Å². The van der Waals surface area contributed by atoms with E-state index in [2.05, 4.69) is 54.3 Å². The van der Waals surface area contributed by atoms with Gasteiger partial charge in [0, 0.05) is 54.2 Å². The maximum Gasteiger partial charge on any atom is 0.416 e. The van der Waals surface area contributed by atoms with Crippen LogP contribution in [0.25, 0.3) is 5.57 Å². The third-order valence-electron chi connectivity index (χ3n) is 7.11. The maximum atomic E-state index is 13.6. The van der Waals surface area contributed by atoms with E-state index in [0.717, 1.165) is 49.6 Å². The molecule has 1 aromatic rings. The molecule has 1 fully saturated rings. The summed E-state index contributed by atoms with van der Waals surface area (Å²) in [6.45, 7) is 22.2. The molecule has 1 aromatic carbocycles. The third-order valence-corrected chi connectivity index (χ3v) is 7.11. The Morgan fingerprint density at radius 3 is 2.54 bits per heavy atom. The van der Waals surface area contributed by atoms with E-state index in [0.29, 0.717) is 22.5 Å². The van der Waals surface area contributed by atoms with Crippen molar-refractivity contribution in [1.82, 2.24) is 10.0 Å². The van der Waals surface area contributed by atoms with Crippen LogP contribution in [-0.4, -0.2) is 34.9 Å². The number of allylic oxidation sites excluding steroid dienone is 4. The van der Waals surface area contributed by atoms with Gasteiger partial charge in [-0.2, -0.15) is 13.2 Å². The second-order valence-electron chi connectivity index (χ2n) is 9.35. The first kappa shape index (κ1) is 30.2. The Morgan fingerprint density at radius 2 is 1.97 bits per heavy atom. The molecule has 1 saturated heterocycles. The lowest BCUT2D eigenvalue weighted by atomic mass is 9.86. The maximum absolute atomic E-state index is 13.6. The summed E-state index contributed by atoms with van der Waals surface area (Å²) in [5.41, 5.74) is 3.38. The number of halogens is 3. The average molecular weight is 515 g/mol. The van der Waals surface area contributed by atoms with Crippen molar-refractivity contribution in [2.45, 2.75) is 72.5 Å². The normalized spacial score (nSPS) is 20.0. The molecule has 2 rings (SSSR count). The van der Waals surface area contributed by atoms with E-state index in [-0.39, 0.29) is 5.54 Å². The predicted octanol–water partition coefficient (Wildman–Crippen LogP) is 8.60. The van der Waals surface area contributed by atoms with E-state index in [1.54, 1.807) is 25.4 Å².